The van der Waals surface area contributed by atoms with Crippen molar-refractivity contribution >= 4 is 39.8 Å². The molecule has 0 aliphatic carbocycles. The van der Waals surface area contributed by atoms with E-state index in [-0.39, 0.29) is 27.7 Å². The topological polar surface area (TPSA) is 93.7 Å². The van der Waals surface area contributed by atoms with E-state index in [1.807, 2.05) is 6.07 Å². The van der Waals surface area contributed by atoms with E-state index in [1.54, 1.807) is 37.3 Å². The highest BCUT2D eigenvalue weighted by atomic mass is 32.1. The maximum atomic E-state index is 13.9. The van der Waals surface area contributed by atoms with Crippen molar-refractivity contribution in [3.63, 3.8) is 0 Å². The molecule has 9 heteroatoms. The first kappa shape index (κ1) is 22.0. The van der Waals surface area contributed by atoms with Gasteiger partial charge in [0.25, 0.3) is 11.8 Å². The number of methoxy groups -OCH3 is 1. The van der Waals surface area contributed by atoms with Crippen LogP contribution in [0.4, 0.5) is 15.1 Å². The quantitative estimate of drug-likeness (QED) is 0.534. The highest BCUT2D eigenvalue weighted by Gasteiger charge is 2.26. The van der Waals surface area contributed by atoms with E-state index in [9.17, 15) is 18.8 Å². The Kier molecular flexibility index (Phi) is 6.99. The molecule has 0 saturated carbocycles. The van der Waals surface area contributed by atoms with Crippen molar-refractivity contribution in [2.24, 2.45) is 0 Å². The van der Waals surface area contributed by atoms with Crippen LogP contribution < -0.4 is 15.4 Å². The van der Waals surface area contributed by atoms with Gasteiger partial charge in [-0.2, -0.15) is 0 Å². The maximum Gasteiger partial charge on any atom is 0.341 e. The molecule has 0 fully saturated rings. The van der Waals surface area contributed by atoms with Crippen LogP contribution in [0.3, 0.4) is 0 Å². The van der Waals surface area contributed by atoms with Gasteiger partial charge in [-0.05, 0) is 36.8 Å². The second kappa shape index (κ2) is 9.86. The lowest BCUT2D eigenvalue weighted by atomic mass is 10.1. The molecule has 7 nitrogen and oxygen atoms in total. The Labute approximate surface area is 181 Å². The van der Waals surface area contributed by atoms with Crippen molar-refractivity contribution in [1.82, 2.24) is 0 Å². The zero-order valence-electron chi connectivity index (χ0n) is 16.7. The minimum Gasteiger partial charge on any atom is -0.484 e. The average molecular weight is 442 g/mol. The van der Waals surface area contributed by atoms with Crippen LogP contribution in [0.1, 0.15) is 25.6 Å². The first-order valence-corrected chi connectivity index (χ1v) is 9.97. The summed E-state index contributed by atoms with van der Waals surface area (Å²) in [5.41, 5.74) is 0.367. The van der Waals surface area contributed by atoms with Crippen LogP contribution in [-0.4, -0.2) is 31.5 Å². The molecule has 3 rings (SSSR count). The Morgan fingerprint density at radius 2 is 1.68 bits per heavy atom. The van der Waals surface area contributed by atoms with Crippen LogP contribution in [0.15, 0.2) is 54.6 Å². The molecule has 0 saturated heterocycles. The molecule has 0 radical (unpaired) electrons. The van der Waals surface area contributed by atoms with Gasteiger partial charge in [0.15, 0.2) is 6.61 Å². The summed E-state index contributed by atoms with van der Waals surface area (Å²) in [6.07, 6.45) is 0. The van der Waals surface area contributed by atoms with Crippen LogP contribution >= 0.6 is 11.3 Å². The number of amides is 2. The maximum absolute atomic E-state index is 13.9. The SMILES string of the molecule is COC(=O)c1c(NC(=O)COc2ccccc2)sc(C(=O)Nc2ccccc2F)c1C. The average Bonchev–Trinajstić information content (AvgIpc) is 3.09. The molecule has 0 atom stereocenters. The predicted octanol–water partition coefficient (Wildman–Crippen LogP) is 4.25. The number of halogens is 1. The lowest BCUT2D eigenvalue weighted by Crippen LogP contribution is -2.21. The van der Waals surface area contributed by atoms with Gasteiger partial charge in [-0.1, -0.05) is 30.3 Å². The van der Waals surface area contributed by atoms with Crippen LogP contribution in [-0.2, 0) is 9.53 Å². The molecular weight excluding hydrogens is 423 g/mol. The van der Waals surface area contributed by atoms with Gasteiger partial charge in [0.2, 0.25) is 0 Å². The van der Waals surface area contributed by atoms with Crippen LogP contribution in [0.5, 0.6) is 5.75 Å². The summed E-state index contributed by atoms with van der Waals surface area (Å²) in [7, 11) is 1.20. The molecule has 0 aliphatic rings. The summed E-state index contributed by atoms with van der Waals surface area (Å²) < 4.78 is 24.1. The smallest absolute Gasteiger partial charge is 0.341 e. The summed E-state index contributed by atoms with van der Waals surface area (Å²) in [6.45, 7) is 1.26. The number of carbonyl (C=O) groups is 3. The number of rotatable bonds is 7. The third-order valence-electron chi connectivity index (χ3n) is 4.23. The third-order valence-corrected chi connectivity index (χ3v) is 5.44. The van der Waals surface area contributed by atoms with Gasteiger partial charge >= 0.3 is 5.97 Å². The molecular formula is C22H19FN2O5S. The van der Waals surface area contributed by atoms with Gasteiger partial charge in [0.1, 0.15) is 16.6 Å². The molecule has 31 heavy (non-hydrogen) atoms. The van der Waals surface area contributed by atoms with E-state index in [0.717, 1.165) is 11.3 Å². The predicted molar refractivity (Wildman–Crippen MR) is 115 cm³/mol. The Hall–Kier alpha value is -3.72. The number of para-hydroxylation sites is 2. The lowest BCUT2D eigenvalue weighted by Gasteiger charge is -2.07. The number of nitrogens with one attached hydrogen (secondary N) is 2. The molecule has 1 heterocycles. The number of benzene rings is 2. The number of thiophene rings is 1. The lowest BCUT2D eigenvalue weighted by molar-refractivity contribution is -0.118. The molecule has 3 aromatic rings. The van der Waals surface area contributed by atoms with E-state index >= 15 is 0 Å². The molecule has 160 valence electrons. The monoisotopic (exact) mass is 442 g/mol. The van der Waals surface area contributed by atoms with Crippen molar-refractivity contribution in [3.8, 4) is 5.75 Å². The number of hydrogen-bond acceptors (Lipinski definition) is 6. The van der Waals surface area contributed by atoms with Crippen LogP contribution in [0.25, 0.3) is 0 Å². The largest absolute Gasteiger partial charge is 0.484 e. The number of carbonyl (C=O) groups excluding carboxylic acids is 3. The zero-order valence-corrected chi connectivity index (χ0v) is 17.5. The van der Waals surface area contributed by atoms with Crippen molar-refractivity contribution < 1.29 is 28.2 Å². The standard InChI is InChI=1S/C22H19FN2O5S/c1-13-18(22(28)29-2)21(25-17(26)12-30-14-8-4-3-5-9-14)31-19(13)20(27)24-16-11-7-6-10-15(16)23/h3-11H,12H2,1-2H3,(H,24,27)(H,25,26). The normalized spacial score (nSPS) is 10.3. The first-order chi connectivity index (χ1) is 14.9. The number of esters is 1. The van der Waals surface area contributed by atoms with Gasteiger partial charge < -0.3 is 20.1 Å². The van der Waals surface area contributed by atoms with Gasteiger partial charge in [0, 0.05) is 0 Å². The number of hydrogen-bond donors (Lipinski definition) is 2. The Morgan fingerprint density at radius 1 is 1.00 bits per heavy atom. The summed E-state index contributed by atoms with van der Waals surface area (Å²) in [4.78, 5) is 37.5. The van der Waals surface area contributed by atoms with Gasteiger partial charge in [-0.15, -0.1) is 11.3 Å². The molecule has 0 bridgehead atoms. The highest BCUT2D eigenvalue weighted by Crippen LogP contribution is 2.34. The van der Waals surface area contributed by atoms with E-state index in [2.05, 4.69) is 10.6 Å². The van der Waals surface area contributed by atoms with Gasteiger partial charge in [-0.25, -0.2) is 9.18 Å². The van der Waals surface area contributed by atoms with Gasteiger partial charge in [-0.3, -0.25) is 9.59 Å². The van der Waals surface area contributed by atoms with Crippen molar-refractivity contribution in [2.45, 2.75) is 6.92 Å². The van der Waals surface area contributed by atoms with E-state index in [1.165, 1.54) is 25.3 Å². The zero-order chi connectivity index (χ0) is 22.4. The fraction of sp³-hybridized carbons (Fsp3) is 0.136. The first-order valence-electron chi connectivity index (χ1n) is 9.16. The van der Waals surface area contributed by atoms with Crippen molar-refractivity contribution in [3.05, 3.63) is 76.4 Å². The number of ether oxygens (including phenoxy) is 2. The Balaban J connectivity index is 1.81. The van der Waals surface area contributed by atoms with Crippen molar-refractivity contribution in [1.29, 1.82) is 0 Å². The fourth-order valence-corrected chi connectivity index (χ4v) is 3.84. The number of anilines is 2. The molecule has 0 aliphatic heterocycles. The van der Waals surface area contributed by atoms with E-state index < -0.39 is 23.6 Å². The molecule has 2 aromatic carbocycles. The molecule has 0 unspecified atom stereocenters. The fourth-order valence-electron chi connectivity index (χ4n) is 2.74. The van der Waals surface area contributed by atoms with E-state index in [4.69, 9.17) is 9.47 Å². The minimum absolute atomic E-state index is 0.00163. The van der Waals surface area contributed by atoms with Gasteiger partial charge in [0.05, 0.1) is 23.2 Å². The summed E-state index contributed by atoms with van der Waals surface area (Å²) in [6, 6.07) is 14.5. The summed E-state index contributed by atoms with van der Waals surface area (Å²) in [5, 5.41) is 5.20. The second-order valence-corrected chi connectivity index (χ2v) is 7.36. The second-order valence-electron chi connectivity index (χ2n) is 6.34. The van der Waals surface area contributed by atoms with Crippen LogP contribution in [0, 0.1) is 12.7 Å². The molecule has 2 amide bonds. The molecule has 1 aromatic heterocycles. The minimum atomic E-state index is -0.710. The van der Waals surface area contributed by atoms with E-state index in [0.29, 0.717) is 11.3 Å². The Bertz CT molecular complexity index is 1110. The Morgan fingerprint density at radius 3 is 2.35 bits per heavy atom. The third kappa shape index (κ3) is 5.26. The van der Waals surface area contributed by atoms with Crippen LogP contribution in [0.2, 0.25) is 0 Å². The summed E-state index contributed by atoms with van der Waals surface area (Å²) in [5.74, 6) is -1.92. The molecule has 0 spiro atoms. The summed E-state index contributed by atoms with van der Waals surface area (Å²) >= 11 is 0.890. The highest BCUT2D eigenvalue weighted by molar-refractivity contribution is 7.18. The molecule has 2 N–H and O–H groups in total. The van der Waals surface area contributed by atoms with Crippen molar-refractivity contribution in [2.75, 3.05) is 24.4 Å².